The van der Waals surface area contributed by atoms with Gasteiger partial charge in [-0.25, -0.2) is 4.79 Å². The van der Waals surface area contributed by atoms with Crippen molar-refractivity contribution in [3.8, 4) is 0 Å². The monoisotopic (exact) mass is 373 g/mol. The molecule has 1 aromatic rings. The summed E-state index contributed by atoms with van der Waals surface area (Å²) in [6, 6.07) is 8.72. The van der Waals surface area contributed by atoms with Crippen molar-refractivity contribution in [2.24, 2.45) is 0 Å². The van der Waals surface area contributed by atoms with Crippen molar-refractivity contribution in [2.75, 3.05) is 19.6 Å². The predicted molar refractivity (Wildman–Crippen MR) is 99.9 cm³/mol. The van der Waals surface area contributed by atoms with Crippen LogP contribution in [0.3, 0.4) is 0 Å². The molecular formula is C20H27N3O4. The molecule has 0 saturated carbocycles. The summed E-state index contributed by atoms with van der Waals surface area (Å²) < 4.78 is 5.65. The Labute approximate surface area is 159 Å². The number of hydrogen-bond donors (Lipinski definition) is 1. The van der Waals surface area contributed by atoms with Crippen LogP contribution in [0.4, 0.5) is 4.79 Å². The molecule has 0 radical (unpaired) electrons. The second-order valence-electron chi connectivity index (χ2n) is 7.40. The van der Waals surface area contributed by atoms with Gasteiger partial charge in [-0.2, -0.15) is 0 Å². The first kappa shape index (κ1) is 19.4. The maximum absolute atomic E-state index is 13.2. The molecule has 2 aliphatic rings. The number of amides is 4. The predicted octanol–water partition coefficient (Wildman–Crippen LogP) is 1.87. The van der Waals surface area contributed by atoms with E-state index in [0.717, 1.165) is 16.9 Å². The van der Waals surface area contributed by atoms with Gasteiger partial charge in [0.05, 0.1) is 12.2 Å². The topological polar surface area (TPSA) is 79.0 Å². The maximum Gasteiger partial charge on any atom is 0.325 e. The second kappa shape index (κ2) is 7.68. The number of hydrogen-bond acceptors (Lipinski definition) is 4. The van der Waals surface area contributed by atoms with E-state index in [9.17, 15) is 14.4 Å². The van der Waals surface area contributed by atoms with Crippen LogP contribution in [0.1, 0.15) is 39.2 Å². The number of benzene rings is 1. The molecule has 4 amide bonds. The third-order valence-corrected chi connectivity index (χ3v) is 5.13. The fraction of sp³-hybridized carbons (Fsp3) is 0.550. The Morgan fingerprint density at radius 1 is 1.19 bits per heavy atom. The molecule has 0 spiro atoms. The number of ether oxygens (including phenoxy) is 1. The van der Waals surface area contributed by atoms with E-state index in [1.54, 1.807) is 4.90 Å². The smallest absolute Gasteiger partial charge is 0.325 e. The highest BCUT2D eigenvalue weighted by atomic mass is 16.5. The molecule has 2 heterocycles. The van der Waals surface area contributed by atoms with E-state index in [-0.39, 0.29) is 30.6 Å². The van der Waals surface area contributed by atoms with E-state index in [4.69, 9.17) is 4.74 Å². The van der Waals surface area contributed by atoms with Crippen LogP contribution in [-0.2, 0) is 19.9 Å². The van der Waals surface area contributed by atoms with Gasteiger partial charge in [-0.3, -0.25) is 14.5 Å². The average Bonchev–Trinajstić information content (AvgIpc) is 2.87. The Morgan fingerprint density at radius 3 is 2.41 bits per heavy atom. The summed E-state index contributed by atoms with van der Waals surface area (Å²) in [5.74, 6) is -0.593. The fourth-order valence-electron chi connectivity index (χ4n) is 3.99. The van der Waals surface area contributed by atoms with Gasteiger partial charge in [0.15, 0.2) is 0 Å². The minimum atomic E-state index is -1.10. The highest BCUT2D eigenvalue weighted by Crippen LogP contribution is 2.33. The summed E-state index contributed by atoms with van der Waals surface area (Å²) in [5, 5.41) is 2.85. The number of morpholine rings is 1. The number of nitrogens with zero attached hydrogens (tertiary/aromatic N) is 2. The Morgan fingerprint density at radius 2 is 1.81 bits per heavy atom. The minimum Gasteiger partial charge on any atom is -0.372 e. The lowest BCUT2D eigenvalue weighted by Crippen LogP contribution is -2.52. The molecule has 1 N–H and O–H groups in total. The molecule has 7 nitrogen and oxygen atoms in total. The molecule has 7 heteroatoms. The highest BCUT2D eigenvalue weighted by molar-refractivity contribution is 6.09. The van der Waals surface area contributed by atoms with Gasteiger partial charge in [0, 0.05) is 13.1 Å². The van der Waals surface area contributed by atoms with E-state index < -0.39 is 11.6 Å². The summed E-state index contributed by atoms with van der Waals surface area (Å²) in [6.45, 7) is 6.46. The van der Waals surface area contributed by atoms with Crippen LogP contribution in [0.2, 0.25) is 0 Å². The Bertz CT molecular complexity index is 713. The van der Waals surface area contributed by atoms with Gasteiger partial charge >= 0.3 is 6.03 Å². The maximum atomic E-state index is 13.2. The van der Waals surface area contributed by atoms with Crippen LogP contribution >= 0.6 is 0 Å². The van der Waals surface area contributed by atoms with Crippen molar-refractivity contribution in [1.29, 1.82) is 0 Å². The van der Waals surface area contributed by atoms with Gasteiger partial charge in [0.1, 0.15) is 12.1 Å². The Hall–Kier alpha value is -2.41. The van der Waals surface area contributed by atoms with E-state index in [0.29, 0.717) is 19.5 Å². The molecule has 0 unspecified atom stereocenters. The fourth-order valence-corrected chi connectivity index (χ4v) is 3.99. The molecule has 27 heavy (non-hydrogen) atoms. The number of imide groups is 1. The van der Waals surface area contributed by atoms with E-state index >= 15 is 0 Å². The lowest BCUT2D eigenvalue weighted by Gasteiger charge is -2.36. The van der Waals surface area contributed by atoms with Gasteiger partial charge in [-0.15, -0.1) is 0 Å². The van der Waals surface area contributed by atoms with E-state index in [2.05, 4.69) is 5.32 Å². The zero-order valence-electron chi connectivity index (χ0n) is 16.1. The molecule has 3 atom stereocenters. The lowest BCUT2D eigenvalue weighted by molar-refractivity contribution is -0.147. The molecule has 1 aromatic carbocycles. The Kier molecular flexibility index (Phi) is 5.51. The SMILES string of the molecule is CCC[C@@]1(c2ccccc2)NC(=O)N(CC(=O)N2C[C@H](C)O[C@@H](C)C2)C1=O. The molecule has 0 aromatic heterocycles. The van der Waals surface area contributed by atoms with Gasteiger partial charge < -0.3 is 15.0 Å². The summed E-state index contributed by atoms with van der Waals surface area (Å²) in [6.07, 6.45) is 1.08. The van der Waals surface area contributed by atoms with Crippen LogP contribution in [-0.4, -0.2) is 59.5 Å². The van der Waals surface area contributed by atoms with Crippen molar-refractivity contribution in [1.82, 2.24) is 15.1 Å². The van der Waals surface area contributed by atoms with Crippen molar-refractivity contribution >= 4 is 17.8 Å². The van der Waals surface area contributed by atoms with Crippen molar-refractivity contribution in [3.05, 3.63) is 35.9 Å². The first-order valence-corrected chi connectivity index (χ1v) is 9.50. The average molecular weight is 373 g/mol. The van der Waals surface area contributed by atoms with E-state index in [1.165, 1.54) is 0 Å². The number of carbonyl (C=O) groups excluding carboxylic acids is 3. The molecule has 2 saturated heterocycles. The molecule has 2 fully saturated rings. The third-order valence-electron chi connectivity index (χ3n) is 5.13. The molecule has 2 aliphatic heterocycles. The lowest BCUT2D eigenvalue weighted by atomic mass is 9.85. The van der Waals surface area contributed by atoms with Crippen LogP contribution in [0.15, 0.2) is 30.3 Å². The number of carbonyl (C=O) groups is 3. The molecular weight excluding hydrogens is 346 g/mol. The largest absolute Gasteiger partial charge is 0.372 e. The highest BCUT2D eigenvalue weighted by Gasteiger charge is 2.52. The Balaban J connectivity index is 1.80. The first-order chi connectivity index (χ1) is 12.9. The molecule has 0 bridgehead atoms. The van der Waals surface area contributed by atoms with E-state index in [1.807, 2.05) is 51.1 Å². The summed E-state index contributed by atoms with van der Waals surface area (Å²) >= 11 is 0. The molecule has 0 aliphatic carbocycles. The zero-order chi connectivity index (χ0) is 19.6. The number of rotatable bonds is 5. The van der Waals surface area contributed by atoms with Crippen LogP contribution < -0.4 is 5.32 Å². The molecule has 3 rings (SSSR count). The third kappa shape index (κ3) is 3.69. The van der Waals surface area contributed by atoms with Crippen LogP contribution in [0.25, 0.3) is 0 Å². The van der Waals surface area contributed by atoms with Gasteiger partial charge in [0.2, 0.25) is 5.91 Å². The zero-order valence-corrected chi connectivity index (χ0v) is 16.1. The van der Waals surface area contributed by atoms with Crippen molar-refractivity contribution in [2.45, 2.75) is 51.4 Å². The first-order valence-electron chi connectivity index (χ1n) is 9.50. The van der Waals surface area contributed by atoms with Gasteiger partial charge in [-0.1, -0.05) is 43.7 Å². The standard InChI is InChI=1S/C20H27N3O4/c1-4-10-20(16-8-6-5-7-9-16)18(25)23(19(26)21-20)13-17(24)22-11-14(2)27-15(3)12-22/h5-9,14-15H,4,10-13H2,1-3H3,(H,21,26)/t14-,15-,20-/m0/s1. The number of nitrogens with one attached hydrogen (secondary N) is 1. The van der Waals surface area contributed by atoms with Crippen LogP contribution in [0.5, 0.6) is 0 Å². The van der Waals surface area contributed by atoms with Gasteiger partial charge in [-0.05, 0) is 25.8 Å². The number of urea groups is 1. The van der Waals surface area contributed by atoms with Crippen LogP contribution in [0, 0.1) is 0 Å². The summed E-state index contributed by atoms with van der Waals surface area (Å²) in [5.41, 5.74) is -0.354. The van der Waals surface area contributed by atoms with Crippen molar-refractivity contribution < 1.29 is 19.1 Å². The van der Waals surface area contributed by atoms with Gasteiger partial charge in [0.25, 0.3) is 5.91 Å². The molecule has 146 valence electrons. The minimum absolute atomic E-state index is 0.0655. The summed E-state index contributed by atoms with van der Waals surface area (Å²) in [7, 11) is 0. The second-order valence-corrected chi connectivity index (χ2v) is 7.40. The van der Waals surface area contributed by atoms with Crippen molar-refractivity contribution in [3.63, 3.8) is 0 Å². The quantitative estimate of drug-likeness (QED) is 0.799. The summed E-state index contributed by atoms with van der Waals surface area (Å²) in [4.78, 5) is 41.3. The normalized spacial score (nSPS) is 28.4.